The van der Waals surface area contributed by atoms with Crippen molar-refractivity contribution in [1.82, 2.24) is 5.32 Å². The molecular weight excluding hydrogens is 295 g/mol. The number of nitrogens with one attached hydrogen (secondary N) is 1. The minimum absolute atomic E-state index is 0.163. The Hall–Kier alpha value is -2.03. The van der Waals surface area contributed by atoms with Crippen LogP contribution in [0.2, 0.25) is 0 Å². The summed E-state index contributed by atoms with van der Waals surface area (Å²) in [5.41, 5.74) is 0.322. The van der Waals surface area contributed by atoms with Crippen LogP contribution in [0.15, 0.2) is 28.4 Å². The molecule has 1 aliphatic heterocycles. The summed E-state index contributed by atoms with van der Waals surface area (Å²) in [5.74, 6) is -1.35. The van der Waals surface area contributed by atoms with Crippen LogP contribution in [0.4, 0.5) is 13.2 Å². The van der Waals surface area contributed by atoms with Crippen LogP contribution < -0.4 is 10.1 Å². The highest BCUT2D eigenvalue weighted by atomic mass is 32.2. The van der Waals surface area contributed by atoms with Gasteiger partial charge in [0, 0.05) is 0 Å². The number of benzene rings is 1. The van der Waals surface area contributed by atoms with Crippen molar-refractivity contribution >= 4 is 29.1 Å². The molecule has 1 aliphatic rings. The van der Waals surface area contributed by atoms with E-state index in [0.717, 1.165) is 12.1 Å². The fourth-order valence-electron chi connectivity index (χ4n) is 1.32. The van der Waals surface area contributed by atoms with E-state index in [1.165, 1.54) is 24.0 Å². The van der Waals surface area contributed by atoms with Gasteiger partial charge in [-0.05, 0) is 23.8 Å². The fraction of sp³-hybridized carbons (Fsp3) is 0.182. The van der Waals surface area contributed by atoms with E-state index in [0.29, 0.717) is 10.7 Å². The van der Waals surface area contributed by atoms with Crippen molar-refractivity contribution in [1.29, 1.82) is 0 Å². The second-order valence-electron chi connectivity index (χ2n) is 3.55. The van der Waals surface area contributed by atoms with Crippen LogP contribution in [0.25, 0.3) is 0 Å². The molecule has 5 nitrogen and oxygen atoms in total. The van der Waals surface area contributed by atoms with Crippen LogP contribution in [-0.2, 0) is 4.79 Å². The molecule has 0 aliphatic carbocycles. The van der Waals surface area contributed by atoms with E-state index >= 15 is 0 Å². The number of ether oxygens (including phenoxy) is 1. The SMILES string of the molecule is O=C1CSC(=NN=Cc2ccc(OC(F)F)c(F)c2)N1. The fourth-order valence-corrected chi connectivity index (χ4v) is 1.95. The van der Waals surface area contributed by atoms with Gasteiger partial charge in [-0.25, -0.2) is 4.39 Å². The molecule has 0 aromatic heterocycles. The lowest BCUT2D eigenvalue weighted by Crippen LogP contribution is -2.19. The third kappa shape index (κ3) is 3.98. The molecule has 0 radical (unpaired) electrons. The molecule has 1 aromatic rings. The molecule has 1 N–H and O–H groups in total. The average molecular weight is 303 g/mol. The maximum Gasteiger partial charge on any atom is 0.387 e. The minimum atomic E-state index is -3.08. The molecular formula is C11H8F3N3O2S. The van der Waals surface area contributed by atoms with Crippen LogP contribution in [0.3, 0.4) is 0 Å². The van der Waals surface area contributed by atoms with Crippen molar-refractivity contribution < 1.29 is 22.7 Å². The largest absolute Gasteiger partial charge is 0.432 e. The van der Waals surface area contributed by atoms with Gasteiger partial charge in [0.25, 0.3) is 0 Å². The number of hydrogen-bond donors (Lipinski definition) is 1. The Balaban J connectivity index is 2.03. The van der Waals surface area contributed by atoms with Crippen molar-refractivity contribution in [3.8, 4) is 5.75 Å². The molecule has 0 saturated carbocycles. The smallest absolute Gasteiger partial charge is 0.387 e. The molecule has 2 rings (SSSR count). The molecule has 0 bridgehead atoms. The highest BCUT2D eigenvalue weighted by Crippen LogP contribution is 2.19. The maximum absolute atomic E-state index is 13.4. The van der Waals surface area contributed by atoms with Crippen LogP contribution in [0.5, 0.6) is 5.75 Å². The van der Waals surface area contributed by atoms with E-state index in [4.69, 9.17) is 0 Å². The number of rotatable bonds is 4. The van der Waals surface area contributed by atoms with Gasteiger partial charge in [-0.2, -0.15) is 13.9 Å². The summed E-state index contributed by atoms with van der Waals surface area (Å²) in [6.07, 6.45) is 1.23. The van der Waals surface area contributed by atoms with Crippen LogP contribution in [-0.4, -0.2) is 29.7 Å². The Morgan fingerprint density at radius 1 is 1.45 bits per heavy atom. The van der Waals surface area contributed by atoms with Gasteiger partial charge < -0.3 is 10.1 Å². The standard InChI is InChI=1S/C11H8F3N3O2S/c12-7-3-6(1-2-8(7)19-10(13)14)4-15-17-11-16-9(18)5-20-11/h1-4,10H,5H2,(H,16,17,18). The number of halogens is 3. The van der Waals surface area contributed by atoms with Gasteiger partial charge in [-0.3, -0.25) is 4.79 Å². The van der Waals surface area contributed by atoms with Gasteiger partial charge >= 0.3 is 6.61 Å². The second kappa shape index (κ2) is 6.42. The molecule has 1 saturated heterocycles. The van der Waals surface area contributed by atoms with Gasteiger partial charge in [0.05, 0.1) is 12.0 Å². The van der Waals surface area contributed by atoms with Gasteiger partial charge in [0.1, 0.15) is 0 Å². The van der Waals surface area contributed by atoms with Gasteiger partial charge in [0.2, 0.25) is 5.91 Å². The predicted molar refractivity (Wildman–Crippen MR) is 68.7 cm³/mol. The number of thioether (sulfide) groups is 1. The Labute approximate surface area is 115 Å². The van der Waals surface area contributed by atoms with Gasteiger partial charge in [-0.15, -0.1) is 5.10 Å². The van der Waals surface area contributed by atoms with Crippen molar-refractivity contribution in [3.63, 3.8) is 0 Å². The number of carbonyl (C=O) groups excluding carboxylic acids is 1. The quantitative estimate of drug-likeness (QED) is 0.683. The lowest BCUT2D eigenvalue weighted by molar-refractivity contribution is -0.116. The molecule has 1 amide bonds. The molecule has 0 spiro atoms. The zero-order valence-electron chi connectivity index (χ0n) is 9.85. The zero-order chi connectivity index (χ0) is 14.5. The highest BCUT2D eigenvalue weighted by Gasteiger charge is 2.16. The average Bonchev–Trinajstić information content (AvgIpc) is 2.78. The lowest BCUT2D eigenvalue weighted by atomic mass is 10.2. The van der Waals surface area contributed by atoms with E-state index in [2.05, 4.69) is 20.3 Å². The number of amidine groups is 1. The van der Waals surface area contributed by atoms with Crippen molar-refractivity contribution in [3.05, 3.63) is 29.6 Å². The van der Waals surface area contributed by atoms with Crippen molar-refractivity contribution in [2.45, 2.75) is 6.61 Å². The zero-order valence-corrected chi connectivity index (χ0v) is 10.7. The van der Waals surface area contributed by atoms with Crippen LogP contribution in [0.1, 0.15) is 5.56 Å². The summed E-state index contributed by atoms with van der Waals surface area (Å²) in [6, 6.07) is 3.41. The molecule has 1 aromatic carbocycles. The minimum Gasteiger partial charge on any atom is -0.432 e. The first-order valence-corrected chi connectivity index (χ1v) is 6.31. The topological polar surface area (TPSA) is 63.0 Å². The first-order valence-electron chi connectivity index (χ1n) is 5.32. The molecule has 9 heteroatoms. The van der Waals surface area contributed by atoms with Crippen molar-refractivity contribution in [2.75, 3.05) is 5.75 Å². The van der Waals surface area contributed by atoms with Crippen LogP contribution >= 0.6 is 11.8 Å². The van der Waals surface area contributed by atoms with E-state index in [9.17, 15) is 18.0 Å². The second-order valence-corrected chi connectivity index (χ2v) is 4.52. The lowest BCUT2D eigenvalue weighted by Gasteiger charge is -2.05. The summed E-state index contributed by atoms with van der Waals surface area (Å²) in [4.78, 5) is 10.9. The highest BCUT2D eigenvalue weighted by molar-refractivity contribution is 8.15. The molecule has 1 fully saturated rings. The normalized spacial score (nSPS) is 17.2. The van der Waals surface area contributed by atoms with E-state index < -0.39 is 18.2 Å². The predicted octanol–water partition coefficient (Wildman–Crippen LogP) is 1.98. The summed E-state index contributed by atoms with van der Waals surface area (Å²) in [7, 11) is 0. The Kier molecular flexibility index (Phi) is 4.61. The van der Waals surface area contributed by atoms with E-state index in [-0.39, 0.29) is 11.7 Å². The number of amides is 1. The molecule has 20 heavy (non-hydrogen) atoms. The van der Waals surface area contributed by atoms with Crippen LogP contribution in [0, 0.1) is 5.82 Å². The third-order valence-electron chi connectivity index (χ3n) is 2.11. The number of hydrogen-bond acceptors (Lipinski definition) is 5. The van der Waals surface area contributed by atoms with Gasteiger partial charge in [0.15, 0.2) is 16.7 Å². The number of nitrogens with zero attached hydrogens (tertiary/aromatic N) is 2. The molecule has 106 valence electrons. The molecule has 1 heterocycles. The Morgan fingerprint density at radius 2 is 2.25 bits per heavy atom. The maximum atomic E-state index is 13.4. The molecule has 0 unspecified atom stereocenters. The van der Waals surface area contributed by atoms with E-state index in [1.807, 2.05) is 0 Å². The molecule has 0 atom stereocenters. The number of alkyl halides is 2. The van der Waals surface area contributed by atoms with E-state index in [1.54, 1.807) is 0 Å². The number of carbonyl (C=O) groups is 1. The summed E-state index contributed by atoms with van der Waals surface area (Å²) in [6.45, 7) is -3.08. The first kappa shape index (κ1) is 14.4. The third-order valence-corrected chi connectivity index (χ3v) is 2.98. The monoisotopic (exact) mass is 303 g/mol. The summed E-state index contributed by atoms with van der Waals surface area (Å²) in [5, 5.41) is 10.2. The van der Waals surface area contributed by atoms with Gasteiger partial charge in [-0.1, -0.05) is 11.8 Å². The van der Waals surface area contributed by atoms with Crippen molar-refractivity contribution in [2.24, 2.45) is 10.2 Å². The summed E-state index contributed by atoms with van der Waals surface area (Å²) < 4.78 is 41.2. The Bertz CT molecular complexity index is 578. The Morgan fingerprint density at radius 3 is 2.85 bits per heavy atom. The summed E-state index contributed by atoms with van der Waals surface area (Å²) >= 11 is 1.20. The first-order chi connectivity index (χ1) is 9.54.